The molecule has 0 bridgehead atoms. The molecule has 78 valence electrons. The SMILES string of the molecule is CCC(/C=C\C1C(C)I1C)CPC. The summed E-state index contributed by atoms with van der Waals surface area (Å²) in [5.74, 6) is 0.875. The Bertz CT molecular complexity index is 171. The van der Waals surface area contributed by atoms with Crippen molar-refractivity contribution in [3.8, 4) is 0 Å². The summed E-state index contributed by atoms with van der Waals surface area (Å²) >= 11 is -0.428. The fourth-order valence-corrected chi connectivity index (χ4v) is 7.96. The molecule has 0 spiro atoms. The van der Waals surface area contributed by atoms with Crippen molar-refractivity contribution in [1.82, 2.24) is 0 Å². The molecule has 0 aliphatic carbocycles. The van der Waals surface area contributed by atoms with E-state index in [0.717, 1.165) is 22.3 Å². The van der Waals surface area contributed by atoms with E-state index in [1.54, 1.807) is 0 Å². The van der Waals surface area contributed by atoms with Crippen LogP contribution in [0.3, 0.4) is 0 Å². The maximum absolute atomic E-state index is 2.55. The van der Waals surface area contributed by atoms with Crippen LogP contribution < -0.4 is 0 Å². The predicted molar refractivity (Wildman–Crippen MR) is 75.2 cm³/mol. The third-order valence-electron chi connectivity index (χ3n) is 2.87. The monoisotopic (exact) mass is 312 g/mol. The van der Waals surface area contributed by atoms with Gasteiger partial charge in [0.25, 0.3) is 0 Å². The molecule has 1 fully saturated rings. The molecule has 0 nitrogen and oxygen atoms in total. The summed E-state index contributed by atoms with van der Waals surface area (Å²) in [5, 5.41) is 0. The quantitative estimate of drug-likeness (QED) is 0.314. The van der Waals surface area contributed by atoms with Gasteiger partial charge in [-0.3, -0.25) is 0 Å². The van der Waals surface area contributed by atoms with Gasteiger partial charge in [0.05, 0.1) is 0 Å². The van der Waals surface area contributed by atoms with Gasteiger partial charge in [-0.15, -0.1) is 0 Å². The summed E-state index contributed by atoms with van der Waals surface area (Å²) in [6, 6.07) is 0. The Morgan fingerprint density at radius 1 is 1.54 bits per heavy atom. The zero-order chi connectivity index (χ0) is 9.84. The number of hydrogen-bond acceptors (Lipinski definition) is 0. The average molecular weight is 312 g/mol. The number of rotatable bonds is 5. The molecule has 1 heterocycles. The van der Waals surface area contributed by atoms with E-state index >= 15 is 0 Å². The molecule has 0 saturated carbocycles. The van der Waals surface area contributed by atoms with Crippen molar-refractivity contribution in [2.75, 3.05) is 17.8 Å². The van der Waals surface area contributed by atoms with Gasteiger partial charge in [-0.25, -0.2) is 0 Å². The van der Waals surface area contributed by atoms with Gasteiger partial charge in [0.1, 0.15) is 0 Å². The van der Waals surface area contributed by atoms with Gasteiger partial charge in [-0.05, 0) is 0 Å². The second kappa shape index (κ2) is 5.70. The first kappa shape index (κ1) is 12.0. The van der Waals surface area contributed by atoms with E-state index in [4.69, 9.17) is 0 Å². The van der Waals surface area contributed by atoms with Crippen LogP contribution >= 0.6 is 28.4 Å². The van der Waals surface area contributed by atoms with E-state index in [2.05, 4.69) is 37.6 Å². The van der Waals surface area contributed by atoms with Crippen LogP contribution in [0, 0.1) is 5.92 Å². The number of hydrogen-bond donors (Lipinski definition) is 0. The van der Waals surface area contributed by atoms with Gasteiger partial charge >= 0.3 is 92.3 Å². The third kappa shape index (κ3) is 3.51. The minimum atomic E-state index is -0.428. The van der Waals surface area contributed by atoms with Crippen molar-refractivity contribution in [2.45, 2.75) is 28.1 Å². The average Bonchev–Trinajstić information content (AvgIpc) is 2.69. The molecule has 1 aliphatic rings. The fourth-order valence-electron chi connectivity index (χ4n) is 1.58. The van der Waals surface area contributed by atoms with Gasteiger partial charge in [-0.1, -0.05) is 0 Å². The summed E-state index contributed by atoms with van der Waals surface area (Å²) in [4.78, 5) is 2.52. The molecule has 0 aromatic carbocycles. The molecule has 0 aromatic rings. The summed E-state index contributed by atoms with van der Waals surface area (Å²) in [5.41, 5.74) is 0. The minimum absolute atomic E-state index is 0.428. The zero-order valence-corrected chi connectivity index (χ0v) is 12.3. The van der Waals surface area contributed by atoms with Crippen LogP contribution in [0.25, 0.3) is 0 Å². The standard InChI is InChI=1S/C11H22IP/c1-5-10(8-13-4)6-7-11-9(2)12(11)3/h6-7,9-11,13H,5,8H2,1-4H3/b7-6-. The fraction of sp³-hybridized carbons (Fsp3) is 0.818. The number of halogens is 1. The summed E-state index contributed by atoms with van der Waals surface area (Å²) in [7, 11) is 1.12. The van der Waals surface area contributed by atoms with Crippen molar-refractivity contribution in [2.24, 2.45) is 5.92 Å². The van der Waals surface area contributed by atoms with Crippen LogP contribution in [0.15, 0.2) is 12.2 Å². The molecule has 4 unspecified atom stereocenters. The second-order valence-corrected chi connectivity index (χ2v) is 11.5. The van der Waals surface area contributed by atoms with Crippen LogP contribution in [0.1, 0.15) is 20.3 Å². The first-order valence-electron chi connectivity index (χ1n) is 5.10. The van der Waals surface area contributed by atoms with Gasteiger partial charge in [-0.2, -0.15) is 0 Å². The van der Waals surface area contributed by atoms with Gasteiger partial charge in [0.15, 0.2) is 0 Å². The zero-order valence-electron chi connectivity index (χ0n) is 9.18. The van der Waals surface area contributed by atoms with Crippen LogP contribution in [0.4, 0.5) is 0 Å². The molecule has 2 heteroatoms. The topological polar surface area (TPSA) is 0 Å². The predicted octanol–water partition coefficient (Wildman–Crippen LogP) is 3.78. The second-order valence-electron chi connectivity index (χ2n) is 3.80. The molecule has 1 aliphatic heterocycles. The molecule has 0 N–H and O–H groups in total. The van der Waals surface area contributed by atoms with Crippen LogP contribution in [-0.2, 0) is 0 Å². The van der Waals surface area contributed by atoms with E-state index in [9.17, 15) is 0 Å². The van der Waals surface area contributed by atoms with E-state index in [1.165, 1.54) is 12.6 Å². The Morgan fingerprint density at radius 2 is 2.15 bits per heavy atom. The third-order valence-corrected chi connectivity index (χ3v) is 10.6. The van der Waals surface area contributed by atoms with Crippen molar-refractivity contribution >= 4 is 28.4 Å². The first-order valence-corrected chi connectivity index (χ1v) is 11.5. The molecule has 13 heavy (non-hydrogen) atoms. The van der Waals surface area contributed by atoms with Crippen LogP contribution in [-0.4, -0.2) is 25.6 Å². The maximum atomic E-state index is 2.55. The molecule has 0 amide bonds. The summed E-state index contributed by atoms with van der Waals surface area (Å²) < 4.78 is 2.15. The molecule has 4 atom stereocenters. The van der Waals surface area contributed by atoms with Crippen molar-refractivity contribution in [3.05, 3.63) is 12.2 Å². The Hall–Kier alpha value is 0.900. The number of allylic oxidation sites excluding steroid dienone is 2. The van der Waals surface area contributed by atoms with Crippen molar-refractivity contribution in [3.63, 3.8) is 0 Å². The van der Waals surface area contributed by atoms with Gasteiger partial charge < -0.3 is 0 Å². The van der Waals surface area contributed by atoms with Crippen molar-refractivity contribution < 1.29 is 0 Å². The van der Waals surface area contributed by atoms with E-state index in [1.807, 2.05) is 0 Å². The molecule has 1 rings (SSSR count). The van der Waals surface area contributed by atoms with E-state index in [-0.39, 0.29) is 0 Å². The normalized spacial score (nSPS) is 33.4. The molecule has 0 aromatic heterocycles. The Morgan fingerprint density at radius 3 is 2.54 bits per heavy atom. The van der Waals surface area contributed by atoms with Crippen molar-refractivity contribution in [1.29, 1.82) is 0 Å². The van der Waals surface area contributed by atoms with E-state index < -0.39 is 19.8 Å². The Balaban J connectivity index is 2.29. The Labute approximate surface area is 92.1 Å². The van der Waals surface area contributed by atoms with Crippen LogP contribution in [0.5, 0.6) is 0 Å². The summed E-state index contributed by atoms with van der Waals surface area (Å²) in [6.07, 6.45) is 7.80. The van der Waals surface area contributed by atoms with E-state index in [0.29, 0.717) is 0 Å². The van der Waals surface area contributed by atoms with Gasteiger partial charge in [0.2, 0.25) is 0 Å². The molecule has 1 saturated heterocycles. The summed E-state index contributed by atoms with van der Waals surface area (Å²) in [6.45, 7) is 7.06. The molecule has 0 radical (unpaired) electrons. The van der Waals surface area contributed by atoms with Gasteiger partial charge in [0, 0.05) is 0 Å². The molecular weight excluding hydrogens is 290 g/mol. The number of alkyl halides is 3. The Kier molecular flexibility index (Phi) is 5.25. The molecular formula is C11H22IP. The van der Waals surface area contributed by atoms with Crippen LogP contribution in [0.2, 0.25) is 0 Å². The first-order chi connectivity index (χ1) is 6.20.